The SMILES string of the molecule is COC(=O)c1c(OC(C)C)cc(=O)n2c1CCN(Cc1ccc(OC(C)C)cc1)CC2. The van der Waals surface area contributed by atoms with Gasteiger partial charge < -0.3 is 18.8 Å². The van der Waals surface area contributed by atoms with Gasteiger partial charge in [-0.2, -0.15) is 0 Å². The summed E-state index contributed by atoms with van der Waals surface area (Å²) in [5.74, 6) is 0.676. The number of rotatable bonds is 7. The Bertz CT molecular complexity index is 963. The first-order chi connectivity index (χ1) is 14.8. The highest BCUT2D eigenvalue weighted by Crippen LogP contribution is 2.25. The van der Waals surface area contributed by atoms with Crippen LogP contribution in [-0.2, 0) is 24.2 Å². The van der Waals surface area contributed by atoms with Crippen LogP contribution in [0.2, 0.25) is 0 Å². The number of carbonyl (C=O) groups is 1. The molecule has 2 heterocycles. The summed E-state index contributed by atoms with van der Waals surface area (Å²) in [4.78, 5) is 27.6. The van der Waals surface area contributed by atoms with Crippen molar-refractivity contribution in [2.75, 3.05) is 20.2 Å². The van der Waals surface area contributed by atoms with Crippen molar-refractivity contribution in [3.05, 3.63) is 57.5 Å². The van der Waals surface area contributed by atoms with Crippen molar-refractivity contribution >= 4 is 5.97 Å². The van der Waals surface area contributed by atoms with Gasteiger partial charge in [-0.15, -0.1) is 0 Å². The minimum atomic E-state index is -0.478. The number of aromatic nitrogens is 1. The standard InChI is InChI=1S/C24H32N2O5/c1-16(2)30-19-8-6-18(7-9-19)15-25-11-10-20-23(24(28)29-5)21(31-17(3)4)14-22(27)26(20)13-12-25/h6-9,14,16-17H,10-13,15H2,1-5H3. The molecule has 1 aliphatic heterocycles. The zero-order valence-corrected chi connectivity index (χ0v) is 19.0. The van der Waals surface area contributed by atoms with Crippen LogP contribution >= 0.6 is 0 Å². The van der Waals surface area contributed by atoms with E-state index in [0.717, 1.165) is 18.8 Å². The zero-order valence-electron chi connectivity index (χ0n) is 19.0. The first-order valence-electron chi connectivity index (χ1n) is 10.8. The Balaban J connectivity index is 1.81. The van der Waals surface area contributed by atoms with Crippen molar-refractivity contribution in [3.63, 3.8) is 0 Å². The van der Waals surface area contributed by atoms with Crippen LogP contribution in [0.15, 0.2) is 35.1 Å². The van der Waals surface area contributed by atoms with Crippen LogP contribution in [0.25, 0.3) is 0 Å². The molecule has 0 bridgehead atoms. The zero-order chi connectivity index (χ0) is 22.5. The first-order valence-corrected chi connectivity index (χ1v) is 10.8. The van der Waals surface area contributed by atoms with Crippen molar-refractivity contribution in [3.8, 4) is 11.5 Å². The fourth-order valence-electron chi connectivity index (χ4n) is 3.82. The molecular formula is C24H32N2O5. The largest absolute Gasteiger partial charge is 0.491 e. The average molecular weight is 429 g/mol. The normalized spacial score (nSPS) is 14.3. The van der Waals surface area contributed by atoms with Gasteiger partial charge >= 0.3 is 5.97 Å². The van der Waals surface area contributed by atoms with E-state index in [2.05, 4.69) is 17.0 Å². The molecular weight excluding hydrogens is 396 g/mol. The fourth-order valence-corrected chi connectivity index (χ4v) is 3.82. The molecule has 0 amide bonds. The lowest BCUT2D eigenvalue weighted by molar-refractivity contribution is 0.0591. The van der Waals surface area contributed by atoms with Gasteiger partial charge in [0.2, 0.25) is 0 Å². The molecule has 0 saturated carbocycles. The minimum Gasteiger partial charge on any atom is -0.491 e. The lowest BCUT2D eigenvalue weighted by atomic mass is 10.1. The molecule has 3 rings (SSSR count). The molecule has 7 heteroatoms. The quantitative estimate of drug-likeness (QED) is 0.631. The van der Waals surface area contributed by atoms with E-state index in [1.54, 1.807) is 4.57 Å². The summed E-state index contributed by atoms with van der Waals surface area (Å²) in [6, 6.07) is 9.50. The molecule has 0 saturated heterocycles. The third kappa shape index (κ3) is 5.67. The fraction of sp³-hybridized carbons (Fsp3) is 0.500. The Labute approximate surface area is 183 Å². The topological polar surface area (TPSA) is 70.0 Å². The molecule has 1 aliphatic rings. The van der Waals surface area contributed by atoms with E-state index in [4.69, 9.17) is 14.2 Å². The highest BCUT2D eigenvalue weighted by molar-refractivity contribution is 5.93. The molecule has 0 unspecified atom stereocenters. The number of esters is 1. The molecule has 31 heavy (non-hydrogen) atoms. The van der Waals surface area contributed by atoms with Crippen LogP contribution < -0.4 is 15.0 Å². The van der Waals surface area contributed by atoms with Gasteiger partial charge in [0.25, 0.3) is 5.56 Å². The second-order valence-electron chi connectivity index (χ2n) is 8.32. The number of nitrogens with zero attached hydrogens (tertiary/aromatic N) is 2. The monoisotopic (exact) mass is 428 g/mol. The Kier molecular flexibility index (Phi) is 7.38. The maximum absolute atomic E-state index is 12.8. The van der Waals surface area contributed by atoms with Crippen LogP contribution in [0.4, 0.5) is 0 Å². The van der Waals surface area contributed by atoms with Crippen LogP contribution in [0.3, 0.4) is 0 Å². The van der Waals surface area contributed by atoms with Crippen LogP contribution in [0.5, 0.6) is 11.5 Å². The number of benzene rings is 1. The maximum Gasteiger partial charge on any atom is 0.343 e. The number of pyridine rings is 1. The lowest BCUT2D eigenvalue weighted by Gasteiger charge is -2.19. The summed E-state index contributed by atoms with van der Waals surface area (Å²) in [7, 11) is 1.35. The van der Waals surface area contributed by atoms with E-state index in [9.17, 15) is 9.59 Å². The Morgan fingerprint density at radius 3 is 2.29 bits per heavy atom. The Morgan fingerprint density at radius 2 is 1.68 bits per heavy atom. The third-order valence-electron chi connectivity index (χ3n) is 5.14. The highest BCUT2D eigenvalue weighted by atomic mass is 16.5. The van der Waals surface area contributed by atoms with Gasteiger partial charge in [0, 0.05) is 44.4 Å². The molecule has 2 aromatic rings. The highest BCUT2D eigenvalue weighted by Gasteiger charge is 2.26. The van der Waals surface area contributed by atoms with E-state index in [-0.39, 0.29) is 17.8 Å². The second kappa shape index (κ2) is 10.0. The van der Waals surface area contributed by atoms with Gasteiger partial charge in [0.1, 0.15) is 17.1 Å². The van der Waals surface area contributed by atoms with Crippen molar-refractivity contribution in [1.29, 1.82) is 0 Å². The smallest absolute Gasteiger partial charge is 0.343 e. The predicted molar refractivity (Wildman–Crippen MR) is 119 cm³/mol. The number of ether oxygens (including phenoxy) is 3. The maximum atomic E-state index is 12.8. The Morgan fingerprint density at radius 1 is 1.00 bits per heavy atom. The summed E-state index contributed by atoms with van der Waals surface area (Å²) in [5.41, 5.74) is 2.05. The summed E-state index contributed by atoms with van der Waals surface area (Å²) in [6.07, 6.45) is 0.543. The summed E-state index contributed by atoms with van der Waals surface area (Å²) < 4.78 is 18.2. The van der Waals surface area contributed by atoms with Crippen molar-refractivity contribution < 1.29 is 19.0 Å². The van der Waals surface area contributed by atoms with E-state index >= 15 is 0 Å². The predicted octanol–water partition coefficient (Wildman–Crippen LogP) is 3.27. The van der Waals surface area contributed by atoms with Crippen molar-refractivity contribution in [2.24, 2.45) is 0 Å². The van der Waals surface area contributed by atoms with Crippen LogP contribution in [0.1, 0.15) is 49.3 Å². The van der Waals surface area contributed by atoms with E-state index < -0.39 is 5.97 Å². The van der Waals surface area contributed by atoms with Gasteiger partial charge in [-0.3, -0.25) is 9.69 Å². The molecule has 0 spiro atoms. The van der Waals surface area contributed by atoms with Crippen LogP contribution in [-0.4, -0.2) is 47.8 Å². The van der Waals surface area contributed by atoms with Gasteiger partial charge in [0.05, 0.1) is 19.3 Å². The molecule has 0 N–H and O–H groups in total. The van der Waals surface area contributed by atoms with E-state index in [1.807, 2.05) is 39.8 Å². The third-order valence-corrected chi connectivity index (χ3v) is 5.14. The van der Waals surface area contributed by atoms with Crippen molar-refractivity contribution in [1.82, 2.24) is 9.47 Å². The van der Waals surface area contributed by atoms with Gasteiger partial charge in [-0.05, 0) is 45.4 Å². The molecule has 168 valence electrons. The van der Waals surface area contributed by atoms with Crippen LogP contribution in [0, 0.1) is 0 Å². The molecule has 0 aliphatic carbocycles. The minimum absolute atomic E-state index is 0.141. The summed E-state index contributed by atoms with van der Waals surface area (Å²) in [5, 5.41) is 0. The van der Waals surface area contributed by atoms with Gasteiger partial charge in [-0.1, -0.05) is 12.1 Å². The number of carbonyl (C=O) groups excluding carboxylic acids is 1. The molecule has 1 aromatic heterocycles. The molecule has 7 nitrogen and oxygen atoms in total. The summed E-state index contributed by atoms with van der Waals surface area (Å²) >= 11 is 0. The number of hydrogen-bond donors (Lipinski definition) is 0. The lowest BCUT2D eigenvalue weighted by Crippen LogP contribution is -2.29. The Hall–Kier alpha value is -2.80. The van der Waals surface area contributed by atoms with Crippen molar-refractivity contribution in [2.45, 2.75) is 59.4 Å². The first kappa shape index (κ1) is 22.9. The average Bonchev–Trinajstić information content (AvgIpc) is 2.91. The molecule has 0 atom stereocenters. The number of hydrogen-bond acceptors (Lipinski definition) is 6. The summed E-state index contributed by atoms with van der Waals surface area (Å²) in [6.45, 7) is 10.4. The van der Waals surface area contributed by atoms with E-state index in [0.29, 0.717) is 36.5 Å². The number of methoxy groups -OCH3 is 1. The molecule has 0 fully saturated rings. The number of fused-ring (bicyclic) bond motifs is 1. The van der Waals surface area contributed by atoms with Gasteiger partial charge in [0.15, 0.2) is 0 Å². The molecule has 1 aromatic carbocycles. The second-order valence-corrected chi connectivity index (χ2v) is 8.32. The van der Waals surface area contributed by atoms with Gasteiger partial charge in [-0.25, -0.2) is 4.79 Å². The molecule has 0 radical (unpaired) electrons. The van der Waals surface area contributed by atoms with E-state index in [1.165, 1.54) is 18.7 Å².